The van der Waals surface area contributed by atoms with Crippen molar-refractivity contribution in [3.63, 3.8) is 0 Å². The van der Waals surface area contributed by atoms with E-state index in [-0.39, 0.29) is 35.5 Å². The molecule has 15 nitrogen and oxygen atoms in total. The molecule has 7 N–H and O–H groups in total. The molecule has 0 aliphatic carbocycles. The van der Waals surface area contributed by atoms with E-state index in [1.165, 1.54) is 12.1 Å². The van der Waals surface area contributed by atoms with Gasteiger partial charge in [-0.2, -0.15) is 15.0 Å². The third-order valence-electron chi connectivity index (χ3n) is 6.77. The first-order valence-electron chi connectivity index (χ1n) is 16.5. The molecule has 0 unspecified atom stereocenters. The molecule has 0 aliphatic heterocycles. The number of nitrogens with one attached hydrogen (secondary N) is 5. The van der Waals surface area contributed by atoms with E-state index < -0.39 is 0 Å². The maximum absolute atomic E-state index is 13.4. The SMILES string of the molecule is NCCOCCOCCNC(=O)c1ccc(Nc2nc(NCCOCCOCCNC(=O)c3ccccc3)nc(Nc3ccc(F)cc3)n2)cc1. The summed E-state index contributed by atoms with van der Waals surface area (Å²) in [6.45, 7) is 4.77. The number of amides is 2. The standard InChI is InChI=1S/C35H44FN9O6/c36-28-8-12-30(13-9-28)42-35-44-33(40-17-21-51-25-24-50-19-15-38-31(46)26-4-2-1-3-5-26)43-34(45-35)41-29-10-6-27(7-11-29)32(47)39-16-20-49-23-22-48-18-14-37/h1-13H,14-25,37H2,(H,38,46)(H,39,47)(H3,40,41,42,43,44,45). The van der Waals surface area contributed by atoms with Gasteiger partial charge in [0.05, 0.1) is 52.9 Å². The van der Waals surface area contributed by atoms with Crippen molar-refractivity contribution in [1.29, 1.82) is 0 Å². The molecular formula is C35H44FN9O6. The van der Waals surface area contributed by atoms with Crippen molar-refractivity contribution in [2.45, 2.75) is 0 Å². The van der Waals surface area contributed by atoms with Crippen molar-refractivity contribution in [3.05, 3.63) is 95.8 Å². The number of ether oxygens (including phenoxy) is 4. The number of carbonyl (C=O) groups excluding carboxylic acids is 2. The van der Waals surface area contributed by atoms with Crippen LogP contribution < -0.4 is 32.3 Å². The minimum Gasteiger partial charge on any atom is -0.378 e. The molecule has 4 rings (SSSR count). The predicted molar refractivity (Wildman–Crippen MR) is 191 cm³/mol. The molecule has 1 aromatic heterocycles. The molecule has 0 spiro atoms. The van der Waals surface area contributed by atoms with Gasteiger partial charge in [-0.05, 0) is 60.7 Å². The van der Waals surface area contributed by atoms with Crippen LogP contribution in [0, 0.1) is 5.82 Å². The van der Waals surface area contributed by atoms with Crippen LogP contribution in [0.2, 0.25) is 0 Å². The van der Waals surface area contributed by atoms with E-state index in [1.807, 2.05) is 18.2 Å². The third kappa shape index (κ3) is 15.0. The summed E-state index contributed by atoms with van der Waals surface area (Å²) in [5.41, 5.74) is 7.67. The molecule has 272 valence electrons. The van der Waals surface area contributed by atoms with Gasteiger partial charge < -0.3 is 51.3 Å². The lowest BCUT2D eigenvalue weighted by molar-refractivity contribution is 0.0511. The zero-order chi connectivity index (χ0) is 35.9. The zero-order valence-corrected chi connectivity index (χ0v) is 28.2. The largest absolute Gasteiger partial charge is 0.378 e. The van der Waals surface area contributed by atoms with E-state index in [4.69, 9.17) is 24.7 Å². The average molecular weight is 706 g/mol. The Labute approximate surface area is 295 Å². The molecule has 16 heteroatoms. The van der Waals surface area contributed by atoms with Crippen LogP contribution in [0.3, 0.4) is 0 Å². The minimum absolute atomic E-state index is 0.147. The number of nitrogens with two attached hydrogens (primary N) is 1. The fourth-order valence-electron chi connectivity index (χ4n) is 4.29. The molecule has 2 amide bonds. The van der Waals surface area contributed by atoms with Gasteiger partial charge in [-0.15, -0.1) is 0 Å². The Morgan fingerprint density at radius 2 is 1.00 bits per heavy atom. The number of carbonyl (C=O) groups is 2. The van der Waals surface area contributed by atoms with Gasteiger partial charge in [-0.25, -0.2) is 4.39 Å². The molecule has 0 saturated heterocycles. The van der Waals surface area contributed by atoms with Crippen LogP contribution >= 0.6 is 0 Å². The summed E-state index contributed by atoms with van der Waals surface area (Å²) >= 11 is 0. The first kappa shape index (κ1) is 38.5. The van der Waals surface area contributed by atoms with Crippen LogP contribution in [0.15, 0.2) is 78.9 Å². The van der Waals surface area contributed by atoms with E-state index >= 15 is 0 Å². The summed E-state index contributed by atoms with van der Waals surface area (Å²) < 4.78 is 35.3. The fourth-order valence-corrected chi connectivity index (χ4v) is 4.29. The Bertz CT molecular complexity index is 1600. The van der Waals surface area contributed by atoms with E-state index in [0.717, 1.165) is 0 Å². The van der Waals surface area contributed by atoms with Crippen LogP contribution in [-0.4, -0.2) is 106 Å². The fraction of sp³-hybridized carbons (Fsp3) is 0.343. The zero-order valence-electron chi connectivity index (χ0n) is 28.2. The summed E-state index contributed by atoms with van der Waals surface area (Å²) in [6.07, 6.45) is 0. The van der Waals surface area contributed by atoms with Gasteiger partial charge in [0.1, 0.15) is 5.82 Å². The van der Waals surface area contributed by atoms with Gasteiger partial charge in [0.2, 0.25) is 17.8 Å². The molecule has 0 aliphatic rings. The smallest absolute Gasteiger partial charge is 0.251 e. The highest BCUT2D eigenvalue weighted by molar-refractivity contribution is 5.94. The Kier molecular flexibility index (Phi) is 17.0. The molecule has 0 atom stereocenters. The van der Waals surface area contributed by atoms with Crippen molar-refractivity contribution in [2.75, 3.05) is 95.0 Å². The highest BCUT2D eigenvalue weighted by Crippen LogP contribution is 2.19. The van der Waals surface area contributed by atoms with Crippen LogP contribution in [0.4, 0.5) is 33.6 Å². The quantitative estimate of drug-likeness (QED) is 0.0583. The van der Waals surface area contributed by atoms with Gasteiger partial charge in [0.15, 0.2) is 0 Å². The average Bonchev–Trinajstić information content (AvgIpc) is 3.15. The lowest BCUT2D eigenvalue weighted by Gasteiger charge is -2.12. The Morgan fingerprint density at radius 3 is 1.53 bits per heavy atom. The molecule has 0 fully saturated rings. The lowest BCUT2D eigenvalue weighted by atomic mass is 10.2. The molecule has 1 heterocycles. The number of rotatable bonds is 24. The first-order valence-corrected chi connectivity index (χ1v) is 16.5. The molecule has 51 heavy (non-hydrogen) atoms. The second kappa shape index (κ2) is 22.5. The van der Waals surface area contributed by atoms with E-state index in [0.29, 0.717) is 102 Å². The van der Waals surface area contributed by atoms with Crippen molar-refractivity contribution >= 4 is 41.0 Å². The number of hydrogen-bond acceptors (Lipinski definition) is 13. The van der Waals surface area contributed by atoms with Crippen molar-refractivity contribution in [3.8, 4) is 0 Å². The Morgan fingerprint density at radius 1 is 0.549 bits per heavy atom. The van der Waals surface area contributed by atoms with Crippen LogP contribution in [0.1, 0.15) is 20.7 Å². The van der Waals surface area contributed by atoms with Gasteiger partial charge >= 0.3 is 0 Å². The predicted octanol–water partition coefficient (Wildman–Crippen LogP) is 3.09. The number of hydrogen-bond donors (Lipinski definition) is 6. The van der Waals surface area contributed by atoms with Crippen molar-refractivity contribution in [2.24, 2.45) is 5.73 Å². The lowest BCUT2D eigenvalue weighted by Crippen LogP contribution is -2.27. The second-order valence-corrected chi connectivity index (χ2v) is 10.7. The highest BCUT2D eigenvalue weighted by Gasteiger charge is 2.10. The van der Waals surface area contributed by atoms with Gasteiger partial charge in [0, 0.05) is 48.7 Å². The number of halogens is 1. The number of nitrogens with zero attached hydrogens (tertiary/aromatic N) is 3. The molecular weight excluding hydrogens is 661 g/mol. The summed E-state index contributed by atoms with van der Waals surface area (Å²) in [4.78, 5) is 37.9. The molecule has 0 radical (unpaired) electrons. The molecule has 4 aromatic rings. The third-order valence-corrected chi connectivity index (χ3v) is 6.77. The topological polar surface area (TPSA) is 196 Å². The molecule has 0 bridgehead atoms. The monoisotopic (exact) mass is 705 g/mol. The molecule has 3 aromatic carbocycles. The Balaban J connectivity index is 1.21. The van der Waals surface area contributed by atoms with Crippen LogP contribution in [0.25, 0.3) is 0 Å². The van der Waals surface area contributed by atoms with Gasteiger partial charge in [-0.3, -0.25) is 9.59 Å². The number of benzene rings is 3. The maximum atomic E-state index is 13.4. The van der Waals surface area contributed by atoms with E-state index in [2.05, 4.69) is 41.5 Å². The van der Waals surface area contributed by atoms with Crippen molar-refractivity contribution < 1.29 is 32.9 Å². The summed E-state index contributed by atoms with van der Waals surface area (Å²) in [7, 11) is 0. The van der Waals surface area contributed by atoms with Crippen LogP contribution in [-0.2, 0) is 18.9 Å². The normalized spacial score (nSPS) is 10.8. The van der Waals surface area contributed by atoms with E-state index in [9.17, 15) is 14.0 Å². The van der Waals surface area contributed by atoms with Crippen molar-refractivity contribution in [1.82, 2.24) is 25.6 Å². The summed E-state index contributed by atoms with van der Waals surface area (Å²) in [5.74, 6) is -0.0178. The molecule has 0 saturated carbocycles. The Hall–Kier alpha value is -5.26. The van der Waals surface area contributed by atoms with Crippen LogP contribution in [0.5, 0.6) is 0 Å². The maximum Gasteiger partial charge on any atom is 0.251 e. The minimum atomic E-state index is -0.365. The highest BCUT2D eigenvalue weighted by atomic mass is 19.1. The number of anilines is 5. The number of aromatic nitrogens is 3. The van der Waals surface area contributed by atoms with Gasteiger partial charge in [0.25, 0.3) is 11.8 Å². The summed E-state index contributed by atoms with van der Waals surface area (Å²) in [6, 6.07) is 21.6. The van der Waals surface area contributed by atoms with E-state index in [1.54, 1.807) is 48.5 Å². The summed E-state index contributed by atoms with van der Waals surface area (Å²) in [5, 5.41) is 14.9. The van der Waals surface area contributed by atoms with Gasteiger partial charge in [-0.1, -0.05) is 18.2 Å². The first-order chi connectivity index (χ1) is 25.0. The second-order valence-electron chi connectivity index (χ2n) is 10.7.